The lowest BCUT2D eigenvalue weighted by molar-refractivity contribution is 0.213. The molecule has 0 heterocycles. The van der Waals surface area contributed by atoms with Crippen LogP contribution in [0.4, 0.5) is 0 Å². The number of rotatable bonds is 4. The van der Waals surface area contributed by atoms with Gasteiger partial charge in [0.25, 0.3) is 0 Å². The zero-order valence-corrected chi connectivity index (χ0v) is 14.6. The molecule has 1 nitrogen and oxygen atoms in total. The molecule has 0 saturated heterocycles. The van der Waals surface area contributed by atoms with Crippen molar-refractivity contribution in [2.45, 2.75) is 63.2 Å². The highest BCUT2D eigenvalue weighted by atomic mass is 35.5. The van der Waals surface area contributed by atoms with Crippen LogP contribution in [0.5, 0.6) is 0 Å². The van der Waals surface area contributed by atoms with Crippen LogP contribution in [0.3, 0.4) is 0 Å². The summed E-state index contributed by atoms with van der Waals surface area (Å²) >= 11 is 6.25. The van der Waals surface area contributed by atoms with E-state index in [0.717, 1.165) is 37.7 Å². The Morgan fingerprint density at radius 3 is 2.68 bits per heavy atom. The van der Waals surface area contributed by atoms with Crippen molar-refractivity contribution < 1.29 is 4.74 Å². The Morgan fingerprint density at radius 2 is 2.00 bits per heavy atom. The van der Waals surface area contributed by atoms with Gasteiger partial charge in [0.1, 0.15) is 0 Å². The van der Waals surface area contributed by atoms with E-state index in [0.29, 0.717) is 5.38 Å². The standard InChI is InChI=1S/C20H29ClO/c1-22-14-15-11-18(16-5-3-2-4-6-16)13-19(12-15)17-7-9-20(21)10-8-17/h7,12-13,16,18,20H,2-6,8-11,14H2,1H3. The van der Waals surface area contributed by atoms with Crippen molar-refractivity contribution >= 4 is 11.6 Å². The van der Waals surface area contributed by atoms with Crippen LogP contribution >= 0.6 is 11.6 Å². The van der Waals surface area contributed by atoms with Crippen LogP contribution in [-0.4, -0.2) is 19.1 Å². The summed E-state index contributed by atoms with van der Waals surface area (Å²) in [6.07, 6.45) is 18.9. The molecule has 1 saturated carbocycles. The van der Waals surface area contributed by atoms with Crippen molar-refractivity contribution in [2.75, 3.05) is 13.7 Å². The van der Waals surface area contributed by atoms with Gasteiger partial charge in [-0.1, -0.05) is 37.5 Å². The zero-order chi connectivity index (χ0) is 15.4. The summed E-state index contributed by atoms with van der Waals surface area (Å²) in [4.78, 5) is 0. The summed E-state index contributed by atoms with van der Waals surface area (Å²) in [6.45, 7) is 0.784. The van der Waals surface area contributed by atoms with Gasteiger partial charge in [-0.2, -0.15) is 0 Å². The highest BCUT2D eigenvalue weighted by Gasteiger charge is 2.26. The van der Waals surface area contributed by atoms with Crippen LogP contribution in [0.25, 0.3) is 0 Å². The second-order valence-electron chi connectivity index (χ2n) is 7.22. The third-order valence-electron chi connectivity index (χ3n) is 5.55. The average Bonchev–Trinajstić information content (AvgIpc) is 2.56. The first-order valence-corrected chi connectivity index (χ1v) is 9.43. The first-order valence-electron chi connectivity index (χ1n) is 9.00. The highest BCUT2D eigenvalue weighted by Crippen LogP contribution is 2.39. The molecule has 0 aromatic rings. The van der Waals surface area contributed by atoms with Crippen LogP contribution in [-0.2, 0) is 4.74 Å². The normalized spacial score (nSPS) is 30.5. The van der Waals surface area contributed by atoms with Gasteiger partial charge in [-0.3, -0.25) is 0 Å². The van der Waals surface area contributed by atoms with E-state index in [1.54, 1.807) is 0 Å². The maximum absolute atomic E-state index is 6.25. The molecule has 3 rings (SSSR count). The quantitative estimate of drug-likeness (QED) is 0.594. The fourth-order valence-corrected chi connectivity index (χ4v) is 4.53. The monoisotopic (exact) mass is 320 g/mol. The maximum Gasteiger partial charge on any atom is 0.0676 e. The smallest absolute Gasteiger partial charge is 0.0676 e. The second kappa shape index (κ2) is 7.84. The maximum atomic E-state index is 6.25. The van der Waals surface area contributed by atoms with E-state index < -0.39 is 0 Å². The van der Waals surface area contributed by atoms with Crippen LogP contribution in [0.2, 0.25) is 0 Å². The second-order valence-corrected chi connectivity index (χ2v) is 7.84. The van der Waals surface area contributed by atoms with Gasteiger partial charge in [-0.15, -0.1) is 11.6 Å². The first-order chi connectivity index (χ1) is 10.8. The van der Waals surface area contributed by atoms with Gasteiger partial charge < -0.3 is 4.74 Å². The van der Waals surface area contributed by atoms with E-state index in [9.17, 15) is 0 Å². The molecule has 0 N–H and O–H groups in total. The van der Waals surface area contributed by atoms with Crippen molar-refractivity contribution in [3.8, 4) is 0 Å². The lowest BCUT2D eigenvalue weighted by atomic mass is 9.73. The van der Waals surface area contributed by atoms with Crippen molar-refractivity contribution in [1.82, 2.24) is 0 Å². The van der Waals surface area contributed by atoms with Gasteiger partial charge in [0.2, 0.25) is 0 Å². The fourth-order valence-electron chi connectivity index (χ4n) is 4.33. The number of methoxy groups -OCH3 is 1. The number of hydrogen-bond donors (Lipinski definition) is 0. The van der Waals surface area contributed by atoms with Gasteiger partial charge in [0.05, 0.1) is 6.61 Å². The molecular weight excluding hydrogens is 292 g/mol. The molecule has 22 heavy (non-hydrogen) atoms. The molecule has 0 aliphatic heterocycles. The molecule has 2 atom stereocenters. The number of alkyl halides is 1. The van der Waals surface area contributed by atoms with Crippen LogP contribution < -0.4 is 0 Å². The Morgan fingerprint density at radius 1 is 1.18 bits per heavy atom. The van der Waals surface area contributed by atoms with Crippen LogP contribution in [0.1, 0.15) is 57.8 Å². The SMILES string of the molecule is COCC1=CC(C2=CCC(Cl)CC2)=CC(C2CCCCC2)C1. The lowest BCUT2D eigenvalue weighted by Gasteiger charge is -2.32. The van der Waals surface area contributed by atoms with Crippen molar-refractivity contribution in [1.29, 1.82) is 0 Å². The molecule has 3 aliphatic rings. The van der Waals surface area contributed by atoms with Gasteiger partial charge in [-0.25, -0.2) is 0 Å². The van der Waals surface area contributed by atoms with Crippen LogP contribution in [0, 0.1) is 11.8 Å². The minimum atomic E-state index is 0.338. The van der Waals surface area contributed by atoms with Gasteiger partial charge in [-0.05, 0) is 67.1 Å². The number of halogens is 1. The molecule has 2 heteroatoms. The minimum Gasteiger partial charge on any atom is -0.380 e. The Hall–Kier alpha value is -0.530. The van der Waals surface area contributed by atoms with Gasteiger partial charge in [0.15, 0.2) is 0 Å². The third-order valence-corrected chi connectivity index (χ3v) is 5.95. The van der Waals surface area contributed by atoms with E-state index in [1.807, 2.05) is 7.11 Å². The summed E-state index contributed by atoms with van der Waals surface area (Å²) in [6, 6.07) is 0. The summed E-state index contributed by atoms with van der Waals surface area (Å²) in [5.41, 5.74) is 4.47. The molecular formula is C20H29ClO. The van der Waals surface area contributed by atoms with Crippen molar-refractivity contribution in [3.63, 3.8) is 0 Å². The number of ether oxygens (including phenoxy) is 1. The lowest BCUT2D eigenvalue weighted by Crippen LogP contribution is -2.21. The van der Waals surface area contributed by atoms with E-state index in [-0.39, 0.29) is 0 Å². The predicted molar refractivity (Wildman–Crippen MR) is 94.3 cm³/mol. The molecule has 0 aromatic heterocycles. The Kier molecular flexibility index (Phi) is 5.82. The predicted octanol–water partition coefficient (Wildman–Crippen LogP) is 5.80. The average molecular weight is 321 g/mol. The minimum absolute atomic E-state index is 0.338. The molecule has 2 unspecified atom stereocenters. The number of hydrogen-bond acceptors (Lipinski definition) is 1. The third kappa shape index (κ3) is 4.06. The fraction of sp³-hybridized carbons (Fsp3) is 0.700. The van der Waals surface area contributed by atoms with Gasteiger partial charge in [0, 0.05) is 12.5 Å². The van der Waals surface area contributed by atoms with E-state index >= 15 is 0 Å². The van der Waals surface area contributed by atoms with E-state index in [1.165, 1.54) is 55.2 Å². The highest BCUT2D eigenvalue weighted by molar-refractivity contribution is 6.20. The molecule has 0 amide bonds. The van der Waals surface area contributed by atoms with Crippen LogP contribution in [0.15, 0.2) is 34.9 Å². The summed E-state index contributed by atoms with van der Waals surface area (Å²) in [5.74, 6) is 1.61. The van der Waals surface area contributed by atoms with Crippen molar-refractivity contribution in [2.24, 2.45) is 11.8 Å². The van der Waals surface area contributed by atoms with Crippen molar-refractivity contribution in [3.05, 3.63) is 34.9 Å². The summed E-state index contributed by atoms with van der Waals surface area (Å²) in [5, 5.41) is 0.338. The number of allylic oxidation sites excluding steroid dienone is 5. The van der Waals surface area contributed by atoms with E-state index in [4.69, 9.17) is 16.3 Å². The summed E-state index contributed by atoms with van der Waals surface area (Å²) in [7, 11) is 1.81. The first kappa shape index (κ1) is 16.3. The molecule has 0 radical (unpaired) electrons. The Balaban J connectivity index is 1.79. The molecule has 0 bridgehead atoms. The summed E-state index contributed by atoms with van der Waals surface area (Å²) < 4.78 is 5.43. The molecule has 0 spiro atoms. The molecule has 122 valence electrons. The molecule has 1 fully saturated rings. The molecule has 3 aliphatic carbocycles. The topological polar surface area (TPSA) is 9.23 Å². The Bertz CT molecular complexity index is 468. The zero-order valence-electron chi connectivity index (χ0n) is 13.8. The Labute approximate surface area is 140 Å². The van der Waals surface area contributed by atoms with Gasteiger partial charge >= 0.3 is 0 Å². The largest absolute Gasteiger partial charge is 0.380 e. The molecule has 0 aromatic carbocycles. The van der Waals surface area contributed by atoms with E-state index in [2.05, 4.69) is 18.2 Å².